The topological polar surface area (TPSA) is 52.6 Å². The lowest BCUT2D eigenvalue weighted by Gasteiger charge is -2.19. The average Bonchev–Trinajstić information content (AvgIpc) is 2.44. The van der Waals surface area contributed by atoms with E-state index in [1.807, 2.05) is 20.8 Å². The third kappa shape index (κ3) is 6.17. The number of benzene rings is 1. The van der Waals surface area contributed by atoms with E-state index in [1.165, 1.54) is 0 Å². The zero-order chi connectivity index (χ0) is 15.8. The predicted octanol–water partition coefficient (Wildman–Crippen LogP) is 4.00. The Kier molecular flexibility index (Phi) is 7.23. The van der Waals surface area contributed by atoms with Gasteiger partial charge in [0.1, 0.15) is 11.9 Å². The lowest BCUT2D eigenvalue weighted by molar-refractivity contribution is -0.153. The molecule has 0 radical (unpaired) electrons. The van der Waals surface area contributed by atoms with Gasteiger partial charge in [0.15, 0.2) is 0 Å². The molecule has 1 aromatic rings. The van der Waals surface area contributed by atoms with E-state index in [2.05, 4.69) is 0 Å². The lowest BCUT2D eigenvalue weighted by atomic mass is 10.1. The van der Waals surface area contributed by atoms with Gasteiger partial charge in [0.05, 0.1) is 17.9 Å². The van der Waals surface area contributed by atoms with Gasteiger partial charge < -0.3 is 9.47 Å². The van der Waals surface area contributed by atoms with Crippen molar-refractivity contribution in [3.8, 4) is 5.75 Å². The highest BCUT2D eigenvalue weighted by Gasteiger charge is 2.17. The normalized spacial score (nSPS) is 12.0. The van der Waals surface area contributed by atoms with Gasteiger partial charge in [-0.3, -0.25) is 9.59 Å². The van der Waals surface area contributed by atoms with Gasteiger partial charge in [0.25, 0.3) is 0 Å². The minimum atomic E-state index is -0.502. The standard InChI is InChI=1S/C16H21ClO4/c1-4-13(11(2)3)20-15(18)9-10-16(19)21-14-8-6-5-7-12(14)17/h5-8,11,13H,4,9-10H2,1-3H3. The second-order valence-corrected chi connectivity index (χ2v) is 5.49. The molecule has 0 bridgehead atoms. The number of rotatable bonds is 7. The van der Waals surface area contributed by atoms with Crippen LogP contribution in [0.2, 0.25) is 5.02 Å². The summed E-state index contributed by atoms with van der Waals surface area (Å²) in [4.78, 5) is 23.4. The maximum Gasteiger partial charge on any atom is 0.311 e. The Morgan fingerprint density at radius 3 is 2.33 bits per heavy atom. The molecule has 0 spiro atoms. The van der Waals surface area contributed by atoms with Crippen LogP contribution >= 0.6 is 11.6 Å². The van der Waals surface area contributed by atoms with Crippen LogP contribution in [0.25, 0.3) is 0 Å². The van der Waals surface area contributed by atoms with E-state index in [9.17, 15) is 9.59 Å². The van der Waals surface area contributed by atoms with Crippen LogP contribution in [0.15, 0.2) is 24.3 Å². The van der Waals surface area contributed by atoms with Crippen LogP contribution in [0.4, 0.5) is 0 Å². The molecule has 1 unspecified atom stereocenters. The molecule has 1 aromatic carbocycles. The van der Waals surface area contributed by atoms with Gasteiger partial charge in [-0.05, 0) is 24.5 Å². The Hall–Kier alpha value is -1.55. The molecule has 1 atom stereocenters. The molecule has 21 heavy (non-hydrogen) atoms. The monoisotopic (exact) mass is 312 g/mol. The number of para-hydroxylation sites is 1. The summed E-state index contributed by atoms with van der Waals surface area (Å²) >= 11 is 5.88. The van der Waals surface area contributed by atoms with Crippen molar-refractivity contribution in [2.45, 2.75) is 46.1 Å². The SMILES string of the molecule is CCC(OC(=O)CCC(=O)Oc1ccccc1Cl)C(C)C. The van der Waals surface area contributed by atoms with Crippen LogP contribution < -0.4 is 4.74 Å². The first-order chi connectivity index (χ1) is 9.93. The fraction of sp³-hybridized carbons (Fsp3) is 0.500. The van der Waals surface area contributed by atoms with E-state index in [-0.39, 0.29) is 30.8 Å². The maximum absolute atomic E-state index is 11.7. The molecule has 1 rings (SSSR count). The number of hydrogen-bond acceptors (Lipinski definition) is 4. The summed E-state index contributed by atoms with van der Waals surface area (Å²) in [7, 11) is 0. The minimum absolute atomic E-state index is 0.00645. The Labute approximate surface area is 130 Å². The van der Waals surface area contributed by atoms with Crippen molar-refractivity contribution in [2.75, 3.05) is 0 Å². The van der Waals surface area contributed by atoms with Gasteiger partial charge in [-0.25, -0.2) is 0 Å². The molecule has 0 N–H and O–H groups in total. The molecule has 5 heteroatoms. The second-order valence-electron chi connectivity index (χ2n) is 5.09. The summed E-state index contributed by atoms with van der Waals surface area (Å²) < 4.78 is 10.4. The highest BCUT2D eigenvalue weighted by molar-refractivity contribution is 6.32. The van der Waals surface area contributed by atoms with Gasteiger partial charge in [-0.1, -0.05) is 44.5 Å². The average molecular weight is 313 g/mol. The molecule has 4 nitrogen and oxygen atoms in total. The molecule has 0 aliphatic heterocycles. The van der Waals surface area contributed by atoms with Gasteiger partial charge in [-0.2, -0.15) is 0 Å². The molecule has 0 amide bonds. The van der Waals surface area contributed by atoms with Crippen LogP contribution in [0.5, 0.6) is 5.75 Å². The van der Waals surface area contributed by atoms with Crippen molar-refractivity contribution in [3.63, 3.8) is 0 Å². The van der Waals surface area contributed by atoms with Crippen LogP contribution in [-0.4, -0.2) is 18.0 Å². The van der Waals surface area contributed by atoms with Gasteiger partial charge in [0, 0.05) is 0 Å². The van der Waals surface area contributed by atoms with Crippen LogP contribution in [0, 0.1) is 5.92 Å². The van der Waals surface area contributed by atoms with Crippen molar-refractivity contribution >= 4 is 23.5 Å². The van der Waals surface area contributed by atoms with Crippen LogP contribution in [0.1, 0.15) is 40.0 Å². The van der Waals surface area contributed by atoms with E-state index in [0.717, 1.165) is 6.42 Å². The smallest absolute Gasteiger partial charge is 0.311 e. The fourth-order valence-electron chi connectivity index (χ4n) is 1.82. The molecule has 0 heterocycles. The van der Waals surface area contributed by atoms with Gasteiger partial charge in [0.2, 0.25) is 0 Å². The van der Waals surface area contributed by atoms with Crippen molar-refractivity contribution < 1.29 is 19.1 Å². The zero-order valence-corrected chi connectivity index (χ0v) is 13.4. The van der Waals surface area contributed by atoms with E-state index in [4.69, 9.17) is 21.1 Å². The first-order valence-corrected chi connectivity index (χ1v) is 7.46. The molecule has 0 saturated carbocycles. The molecule has 0 fully saturated rings. The number of ether oxygens (including phenoxy) is 2. The number of hydrogen-bond donors (Lipinski definition) is 0. The molecule has 0 saturated heterocycles. The van der Waals surface area contributed by atoms with E-state index in [0.29, 0.717) is 10.8 Å². The van der Waals surface area contributed by atoms with Crippen molar-refractivity contribution in [2.24, 2.45) is 5.92 Å². The third-order valence-corrected chi connectivity index (χ3v) is 3.33. The summed E-state index contributed by atoms with van der Waals surface area (Å²) in [5, 5.41) is 0.360. The predicted molar refractivity (Wildman–Crippen MR) is 81.3 cm³/mol. The Balaban J connectivity index is 2.39. The van der Waals surface area contributed by atoms with Crippen molar-refractivity contribution in [1.82, 2.24) is 0 Å². The van der Waals surface area contributed by atoms with E-state index in [1.54, 1.807) is 24.3 Å². The quantitative estimate of drug-likeness (QED) is 0.564. The molecule has 116 valence electrons. The Morgan fingerprint density at radius 1 is 1.14 bits per heavy atom. The summed E-state index contributed by atoms with van der Waals surface area (Å²) in [6, 6.07) is 6.70. The van der Waals surface area contributed by atoms with Crippen LogP contribution in [0.3, 0.4) is 0 Å². The molecule has 0 aromatic heterocycles. The van der Waals surface area contributed by atoms with Gasteiger partial charge in [-0.15, -0.1) is 0 Å². The lowest BCUT2D eigenvalue weighted by Crippen LogP contribution is -2.23. The summed E-state index contributed by atoms with van der Waals surface area (Å²) in [6.45, 7) is 5.95. The number of carbonyl (C=O) groups excluding carboxylic acids is 2. The summed E-state index contributed by atoms with van der Waals surface area (Å²) in [5.41, 5.74) is 0. The van der Waals surface area contributed by atoms with E-state index < -0.39 is 5.97 Å². The fourth-order valence-corrected chi connectivity index (χ4v) is 2.00. The first kappa shape index (κ1) is 17.5. The van der Waals surface area contributed by atoms with Crippen molar-refractivity contribution in [1.29, 1.82) is 0 Å². The summed E-state index contributed by atoms with van der Waals surface area (Å²) in [6.07, 6.45) is 0.621. The first-order valence-electron chi connectivity index (χ1n) is 7.08. The Bertz CT molecular complexity index is 485. The zero-order valence-electron chi connectivity index (χ0n) is 12.6. The molecular weight excluding hydrogens is 292 g/mol. The maximum atomic E-state index is 11.7. The molecule has 0 aliphatic rings. The molecular formula is C16H21ClO4. The highest BCUT2D eigenvalue weighted by atomic mass is 35.5. The van der Waals surface area contributed by atoms with Crippen molar-refractivity contribution in [3.05, 3.63) is 29.3 Å². The largest absolute Gasteiger partial charge is 0.462 e. The number of esters is 2. The molecule has 0 aliphatic carbocycles. The minimum Gasteiger partial charge on any atom is -0.462 e. The third-order valence-electron chi connectivity index (χ3n) is 3.02. The van der Waals surface area contributed by atoms with Gasteiger partial charge >= 0.3 is 11.9 Å². The highest BCUT2D eigenvalue weighted by Crippen LogP contribution is 2.23. The summed E-state index contributed by atoms with van der Waals surface area (Å²) in [5.74, 6) is -0.329. The second kappa shape index (κ2) is 8.67. The Morgan fingerprint density at radius 2 is 1.76 bits per heavy atom. The number of halogens is 1. The van der Waals surface area contributed by atoms with Crippen LogP contribution in [-0.2, 0) is 14.3 Å². The number of carbonyl (C=O) groups is 2. The van der Waals surface area contributed by atoms with E-state index >= 15 is 0 Å².